The fourth-order valence-electron chi connectivity index (χ4n) is 0.231. The Labute approximate surface area is 136 Å². The molecule has 0 atom stereocenters. The van der Waals surface area contributed by atoms with E-state index in [0.29, 0.717) is 0 Å². The van der Waals surface area contributed by atoms with Gasteiger partial charge in [0, 0.05) is 54.8 Å². The largest absolute Gasteiger partial charge is 3.00 e. The summed E-state index contributed by atoms with van der Waals surface area (Å²) in [4.78, 5) is 28.2. The summed E-state index contributed by atoms with van der Waals surface area (Å²) in [6.45, 7) is 0. The average molecular weight is 350 g/mol. The normalized spacial score (nSPS) is 7.74. The van der Waals surface area contributed by atoms with E-state index in [0.717, 1.165) is 0 Å². The van der Waals surface area contributed by atoms with Gasteiger partial charge in [-0.2, -0.15) is 0 Å². The quantitative estimate of drug-likeness (QED) is 0.393. The van der Waals surface area contributed by atoms with E-state index in [4.69, 9.17) is 34.8 Å². The predicted molar refractivity (Wildman–Crippen MR) is 66.8 cm³/mol. The number of carboxylic acids is 3. The second-order valence-corrected chi connectivity index (χ2v) is 3.57. The van der Waals surface area contributed by atoms with Crippen LogP contribution in [-0.2, 0) is 14.4 Å². The molecule has 0 N–H and O–H groups in total. The van der Waals surface area contributed by atoms with E-state index in [1.165, 1.54) is 0 Å². The molecule has 0 rings (SSSR count). The van der Waals surface area contributed by atoms with E-state index >= 15 is 0 Å². The smallest absolute Gasteiger partial charge is 0.550 e. The average Bonchev–Trinajstić information content (AvgIpc) is 2.18. The first-order valence-corrected chi connectivity index (χ1v) is 6.19. The summed E-state index contributed by atoms with van der Waals surface area (Å²) in [5.74, 6) is -2.85. The minimum absolute atomic E-state index is 0. The van der Waals surface area contributed by atoms with Gasteiger partial charge in [0.1, 0.15) is 0 Å². The molecule has 0 aliphatic carbocycles. The summed E-state index contributed by atoms with van der Waals surface area (Å²) in [6.07, 6.45) is -0.162. The van der Waals surface area contributed by atoms with Crippen LogP contribution in [0, 0.1) is 0 Å². The molecule has 0 aromatic rings. The summed E-state index contributed by atoms with van der Waals surface area (Å²) in [5, 5.41) is 28.2. The maximum Gasteiger partial charge on any atom is 3.00 e. The van der Waals surface area contributed by atoms with Gasteiger partial charge >= 0.3 is 17.4 Å². The summed E-state index contributed by atoms with van der Waals surface area (Å²) in [7, 11) is 0. The SMILES string of the molecule is O=C([O-])CCCl.O=C([O-])CCCl.O=C([O-])CCCl.[Al+3]. The molecular formula is C9H12AlCl3O6. The number of alkyl halides is 3. The van der Waals surface area contributed by atoms with Crippen molar-refractivity contribution < 1.29 is 29.7 Å². The Morgan fingerprint density at radius 3 is 0.789 bits per heavy atom. The number of hydrogen-bond donors (Lipinski definition) is 0. The standard InChI is InChI=1S/3C3H5ClO2.Al/c3*4-2-1-3(5)6;/h3*1-2H2,(H,5,6);/q;;;+3/p-3. The van der Waals surface area contributed by atoms with Crippen molar-refractivity contribution in [3.63, 3.8) is 0 Å². The van der Waals surface area contributed by atoms with Gasteiger partial charge in [-0.25, -0.2) is 0 Å². The maximum absolute atomic E-state index is 9.40. The molecule has 10 heteroatoms. The Morgan fingerprint density at radius 1 is 0.632 bits per heavy atom. The molecule has 0 heterocycles. The molecule has 0 aromatic carbocycles. The first-order valence-electron chi connectivity index (χ1n) is 4.59. The minimum Gasteiger partial charge on any atom is -0.550 e. The Kier molecular flexibility index (Phi) is 32.9. The Balaban J connectivity index is -0.0000000865. The van der Waals surface area contributed by atoms with Crippen LogP contribution in [0.25, 0.3) is 0 Å². The third-order valence-electron chi connectivity index (χ3n) is 0.896. The van der Waals surface area contributed by atoms with Crippen LogP contribution in [0.5, 0.6) is 0 Å². The van der Waals surface area contributed by atoms with Crippen LogP contribution in [0.15, 0.2) is 0 Å². The van der Waals surface area contributed by atoms with Gasteiger partial charge in [-0.05, 0) is 0 Å². The zero-order valence-corrected chi connectivity index (χ0v) is 13.3. The molecule has 0 amide bonds. The van der Waals surface area contributed by atoms with E-state index in [1.807, 2.05) is 0 Å². The van der Waals surface area contributed by atoms with E-state index in [1.54, 1.807) is 0 Å². The minimum atomic E-state index is -1.09. The van der Waals surface area contributed by atoms with Crippen LogP contribution in [-0.4, -0.2) is 52.9 Å². The van der Waals surface area contributed by atoms with Crippen molar-refractivity contribution in [2.75, 3.05) is 17.6 Å². The van der Waals surface area contributed by atoms with Crippen molar-refractivity contribution in [3.8, 4) is 0 Å². The van der Waals surface area contributed by atoms with Gasteiger partial charge in [0.2, 0.25) is 0 Å². The predicted octanol–water partition coefficient (Wildman–Crippen LogP) is -2.29. The first-order chi connectivity index (χ1) is 8.31. The van der Waals surface area contributed by atoms with Crippen LogP contribution in [0.3, 0.4) is 0 Å². The molecular weight excluding hydrogens is 337 g/mol. The fraction of sp³-hybridized carbons (Fsp3) is 0.667. The number of halogens is 3. The second kappa shape index (κ2) is 22.9. The number of carboxylic acid groups (broad SMARTS) is 3. The number of aliphatic carboxylic acids is 3. The van der Waals surface area contributed by atoms with Crippen LogP contribution in [0.2, 0.25) is 0 Å². The molecule has 0 bridgehead atoms. The molecule has 0 fully saturated rings. The molecule has 0 spiro atoms. The molecule has 6 nitrogen and oxygen atoms in total. The van der Waals surface area contributed by atoms with E-state index < -0.39 is 17.9 Å². The van der Waals surface area contributed by atoms with E-state index in [-0.39, 0.29) is 54.3 Å². The number of carbonyl (C=O) groups is 3. The molecule has 108 valence electrons. The molecule has 0 unspecified atom stereocenters. The number of carbonyl (C=O) groups excluding carboxylic acids is 3. The van der Waals surface area contributed by atoms with Crippen molar-refractivity contribution in [2.24, 2.45) is 0 Å². The Hall–Kier alpha value is -0.188. The third-order valence-corrected chi connectivity index (χ3v) is 1.46. The maximum atomic E-state index is 9.40. The summed E-state index contributed by atoms with van der Waals surface area (Å²) < 4.78 is 0. The molecule has 0 radical (unpaired) electrons. The van der Waals surface area contributed by atoms with E-state index in [2.05, 4.69) is 0 Å². The zero-order valence-electron chi connectivity index (χ0n) is 9.90. The van der Waals surface area contributed by atoms with Gasteiger partial charge in [0.25, 0.3) is 0 Å². The van der Waals surface area contributed by atoms with Crippen LogP contribution >= 0.6 is 34.8 Å². The first kappa shape index (κ1) is 27.2. The van der Waals surface area contributed by atoms with Crippen LogP contribution in [0.4, 0.5) is 0 Å². The molecule has 0 saturated carbocycles. The fourth-order valence-corrected chi connectivity index (χ4v) is 0.694. The third kappa shape index (κ3) is 57.3. The summed E-state index contributed by atoms with van der Waals surface area (Å²) in [5.41, 5.74) is 0. The molecule has 0 aromatic heterocycles. The van der Waals surface area contributed by atoms with Crippen LogP contribution < -0.4 is 15.3 Å². The molecule has 19 heavy (non-hydrogen) atoms. The van der Waals surface area contributed by atoms with Crippen molar-refractivity contribution in [3.05, 3.63) is 0 Å². The van der Waals surface area contributed by atoms with Gasteiger partial charge < -0.3 is 29.7 Å². The number of hydrogen-bond acceptors (Lipinski definition) is 6. The van der Waals surface area contributed by atoms with Crippen molar-refractivity contribution in [1.29, 1.82) is 0 Å². The number of rotatable bonds is 6. The van der Waals surface area contributed by atoms with Crippen molar-refractivity contribution >= 4 is 70.1 Å². The van der Waals surface area contributed by atoms with Gasteiger partial charge in [-0.3, -0.25) is 0 Å². The topological polar surface area (TPSA) is 120 Å². The zero-order chi connectivity index (χ0) is 15.0. The Morgan fingerprint density at radius 2 is 0.789 bits per heavy atom. The monoisotopic (exact) mass is 348 g/mol. The van der Waals surface area contributed by atoms with Gasteiger partial charge in [-0.1, -0.05) is 0 Å². The molecule has 0 aliphatic rings. The van der Waals surface area contributed by atoms with E-state index in [9.17, 15) is 29.7 Å². The second-order valence-electron chi connectivity index (χ2n) is 2.43. The summed E-state index contributed by atoms with van der Waals surface area (Å²) >= 11 is 14.9. The van der Waals surface area contributed by atoms with Crippen molar-refractivity contribution in [1.82, 2.24) is 0 Å². The Bertz CT molecular complexity index is 202. The molecule has 0 saturated heterocycles. The van der Waals surface area contributed by atoms with Gasteiger partial charge in [-0.15, -0.1) is 34.8 Å². The van der Waals surface area contributed by atoms with Crippen LogP contribution in [0.1, 0.15) is 19.3 Å². The summed E-state index contributed by atoms with van der Waals surface area (Å²) in [6, 6.07) is 0. The van der Waals surface area contributed by atoms with Crippen molar-refractivity contribution in [2.45, 2.75) is 19.3 Å². The van der Waals surface area contributed by atoms with Gasteiger partial charge in [0.05, 0.1) is 0 Å². The van der Waals surface area contributed by atoms with Gasteiger partial charge in [0.15, 0.2) is 0 Å². The molecule has 0 aliphatic heterocycles.